The fourth-order valence-corrected chi connectivity index (χ4v) is 3.16. The zero-order valence-corrected chi connectivity index (χ0v) is 13.1. The van der Waals surface area contributed by atoms with Crippen LogP contribution >= 0.6 is 15.9 Å². The molecule has 2 N–H and O–H groups in total. The Morgan fingerprint density at radius 3 is 2.75 bits per heavy atom. The van der Waals surface area contributed by atoms with E-state index in [1.807, 2.05) is 25.1 Å². The van der Waals surface area contributed by atoms with E-state index in [0.717, 1.165) is 41.3 Å². The van der Waals surface area contributed by atoms with E-state index in [9.17, 15) is 0 Å². The highest BCUT2D eigenvalue weighted by molar-refractivity contribution is 9.10. The van der Waals surface area contributed by atoms with E-state index >= 15 is 0 Å². The summed E-state index contributed by atoms with van der Waals surface area (Å²) < 4.78 is 6.39. The molecule has 1 saturated carbocycles. The van der Waals surface area contributed by atoms with Crippen LogP contribution in [0.5, 0.6) is 0 Å². The number of halogens is 1. The molecule has 4 nitrogen and oxygen atoms in total. The molecule has 1 aromatic carbocycles. The van der Waals surface area contributed by atoms with Gasteiger partial charge in [-0.15, -0.1) is 0 Å². The van der Waals surface area contributed by atoms with Gasteiger partial charge in [0.2, 0.25) is 0 Å². The number of rotatable bonds is 2. The molecule has 2 aromatic rings. The summed E-state index contributed by atoms with van der Waals surface area (Å²) in [7, 11) is 0. The second-order valence-electron chi connectivity index (χ2n) is 5.62. The smallest absolute Gasteiger partial charge is 0.259 e. The van der Waals surface area contributed by atoms with Gasteiger partial charge in [0, 0.05) is 4.47 Å². The first-order valence-electron chi connectivity index (χ1n) is 6.98. The van der Waals surface area contributed by atoms with Crippen LogP contribution in [0.4, 0.5) is 0 Å². The summed E-state index contributed by atoms with van der Waals surface area (Å²) in [6, 6.07) is 6.06. The summed E-state index contributed by atoms with van der Waals surface area (Å²) in [4.78, 5) is 4.55. The van der Waals surface area contributed by atoms with Crippen LogP contribution in [0, 0.1) is 6.92 Å². The van der Waals surface area contributed by atoms with Gasteiger partial charge in [-0.3, -0.25) is 0 Å². The van der Waals surface area contributed by atoms with Crippen molar-refractivity contribution in [2.24, 2.45) is 5.73 Å². The van der Waals surface area contributed by atoms with E-state index in [-0.39, 0.29) is 0 Å². The van der Waals surface area contributed by atoms with Gasteiger partial charge in [-0.25, -0.2) is 0 Å². The van der Waals surface area contributed by atoms with Crippen molar-refractivity contribution in [3.8, 4) is 11.5 Å². The lowest BCUT2D eigenvalue weighted by atomic mass is 9.82. The molecule has 20 heavy (non-hydrogen) atoms. The van der Waals surface area contributed by atoms with E-state index in [2.05, 4.69) is 26.1 Å². The molecule has 1 aliphatic carbocycles. The average molecular weight is 336 g/mol. The largest absolute Gasteiger partial charge is 0.334 e. The molecule has 0 amide bonds. The summed E-state index contributed by atoms with van der Waals surface area (Å²) in [5, 5.41) is 4.13. The summed E-state index contributed by atoms with van der Waals surface area (Å²) in [6.45, 7) is 2.04. The predicted molar refractivity (Wildman–Crippen MR) is 81.1 cm³/mol. The lowest BCUT2D eigenvalue weighted by Gasteiger charge is -2.29. The highest BCUT2D eigenvalue weighted by atomic mass is 79.9. The minimum atomic E-state index is -0.420. The summed E-state index contributed by atoms with van der Waals surface area (Å²) >= 11 is 3.53. The van der Waals surface area contributed by atoms with Crippen LogP contribution in [0.3, 0.4) is 0 Å². The van der Waals surface area contributed by atoms with Crippen LogP contribution < -0.4 is 5.73 Å². The van der Waals surface area contributed by atoms with Crippen molar-refractivity contribution in [2.75, 3.05) is 0 Å². The van der Waals surface area contributed by atoms with Gasteiger partial charge in [0.25, 0.3) is 5.89 Å². The van der Waals surface area contributed by atoms with Gasteiger partial charge in [-0.05, 0) is 47.8 Å². The van der Waals surface area contributed by atoms with E-state index < -0.39 is 5.54 Å². The van der Waals surface area contributed by atoms with Crippen LogP contribution in [-0.4, -0.2) is 10.1 Å². The summed E-state index contributed by atoms with van der Waals surface area (Å²) in [6.07, 6.45) is 5.37. The molecule has 0 aliphatic heterocycles. The van der Waals surface area contributed by atoms with E-state index in [4.69, 9.17) is 10.3 Å². The molecular weight excluding hydrogens is 318 g/mol. The van der Waals surface area contributed by atoms with E-state index in [1.54, 1.807) is 0 Å². The Morgan fingerprint density at radius 1 is 1.25 bits per heavy atom. The number of nitrogens with zero attached hydrogens (tertiary/aromatic N) is 2. The third-order valence-corrected chi connectivity index (χ3v) is 4.66. The van der Waals surface area contributed by atoms with Crippen molar-refractivity contribution in [1.29, 1.82) is 0 Å². The molecular formula is C15H18BrN3O. The number of hydrogen-bond donors (Lipinski definition) is 1. The molecule has 106 valence electrons. The number of benzene rings is 1. The monoisotopic (exact) mass is 335 g/mol. The van der Waals surface area contributed by atoms with Gasteiger partial charge < -0.3 is 10.3 Å². The highest BCUT2D eigenvalue weighted by Gasteiger charge is 2.34. The van der Waals surface area contributed by atoms with Crippen LogP contribution in [0.15, 0.2) is 27.2 Å². The molecule has 1 aliphatic rings. The van der Waals surface area contributed by atoms with E-state index in [1.165, 1.54) is 6.42 Å². The Balaban J connectivity index is 1.95. The Kier molecular flexibility index (Phi) is 3.65. The maximum absolute atomic E-state index is 6.44. The molecule has 0 spiro atoms. The summed E-state index contributed by atoms with van der Waals surface area (Å²) in [5.74, 6) is 1.17. The molecule has 0 saturated heterocycles. The molecule has 0 atom stereocenters. The third kappa shape index (κ3) is 2.52. The molecule has 1 heterocycles. The fourth-order valence-electron chi connectivity index (χ4n) is 2.74. The van der Waals surface area contributed by atoms with Crippen LogP contribution in [0.25, 0.3) is 11.5 Å². The second kappa shape index (κ2) is 5.30. The SMILES string of the molecule is Cc1ccc(Br)c(-c2nc(C3(N)CCCCC3)no2)c1. The fraction of sp³-hybridized carbons (Fsp3) is 0.467. The Morgan fingerprint density at radius 2 is 2.00 bits per heavy atom. The number of hydrogen-bond acceptors (Lipinski definition) is 4. The molecule has 0 bridgehead atoms. The Hall–Kier alpha value is -1.20. The quantitative estimate of drug-likeness (QED) is 0.903. The van der Waals surface area contributed by atoms with Crippen molar-refractivity contribution < 1.29 is 4.52 Å². The van der Waals surface area contributed by atoms with Gasteiger partial charge in [-0.2, -0.15) is 4.98 Å². The molecule has 1 fully saturated rings. The van der Waals surface area contributed by atoms with Crippen LogP contribution in [-0.2, 0) is 5.54 Å². The Labute approximate surface area is 126 Å². The van der Waals surface area contributed by atoms with Crippen molar-refractivity contribution in [3.63, 3.8) is 0 Å². The van der Waals surface area contributed by atoms with Gasteiger partial charge in [0.05, 0.1) is 11.1 Å². The van der Waals surface area contributed by atoms with Gasteiger partial charge in [-0.1, -0.05) is 36.0 Å². The number of nitrogens with two attached hydrogens (primary N) is 1. The van der Waals surface area contributed by atoms with Crippen molar-refractivity contribution in [3.05, 3.63) is 34.1 Å². The van der Waals surface area contributed by atoms with Gasteiger partial charge in [0.1, 0.15) is 0 Å². The lowest BCUT2D eigenvalue weighted by Crippen LogP contribution is -2.39. The molecule has 0 radical (unpaired) electrons. The topological polar surface area (TPSA) is 64.9 Å². The average Bonchev–Trinajstić information content (AvgIpc) is 2.93. The lowest BCUT2D eigenvalue weighted by molar-refractivity contribution is 0.275. The first kappa shape index (κ1) is 13.8. The van der Waals surface area contributed by atoms with Crippen molar-refractivity contribution >= 4 is 15.9 Å². The first-order chi connectivity index (χ1) is 9.58. The molecule has 5 heteroatoms. The van der Waals surface area contributed by atoms with Crippen LogP contribution in [0.1, 0.15) is 43.5 Å². The Bertz CT molecular complexity index is 617. The number of aromatic nitrogens is 2. The second-order valence-corrected chi connectivity index (χ2v) is 6.48. The summed E-state index contributed by atoms with van der Waals surface area (Å²) in [5.41, 5.74) is 8.10. The zero-order chi connectivity index (χ0) is 14.2. The number of aryl methyl sites for hydroxylation is 1. The van der Waals surface area contributed by atoms with E-state index in [0.29, 0.717) is 11.7 Å². The minimum absolute atomic E-state index is 0.420. The molecule has 3 rings (SSSR count). The van der Waals surface area contributed by atoms with Crippen molar-refractivity contribution in [1.82, 2.24) is 10.1 Å². The first-order valence-corrected chi connectivity index (χ1v) is 7.77. The van der Waals surface area contributed by atoms with Crippen LogP contribution in [0.2, 0.25) is 0 Å². The predicted octanol–water partition coefficient (Wildman–Crippen LogP) is 3.93. The standard InChI is InChI=1S/C15H18BrN3O/c1-10-5-6-12(16)11(9-10)13-18-14(19-20-13)15(17)7-3-2-4-8-15/h5-6,9H,2-4,7-8,17H2,1H3. The maximum atomic E-state index is 6.44. The molecule has 1 aromatic heterocycles. The maximum Gasteiger partial charge on any atom is 0.259 e. The molecule has 0 unspecified atom stereocenters. The normalized spacial score (nSPS) is 18.1. The van der Waals surface area contributed by atoms with Gasteiger partial charge in [0.15, 0.2) is 5.82 Å². The highest BCUT2D eigenvalue weighted by Crippen LogP contribution is 2.35. The van der Waals surface area contributed by atoms with Gasteiger partial charge >= 0.3 is 0 Å². The third-order valence-electron chi connectivity index (χ3n) is 3.97. The van der Waals surface area contributed by atoms with Crippen molar-refractivity contribution in [2.45, 2.75) is 44.6 Å². The zero-order valence-electron chi connectivity index (χ0n) is 11.5. The minimum Gasteiger partial charge on any atom is -0.334 e.